The van der Waals surface area contributed by atoms with E-state index in [1.54, 1.807) is 43.3 Å². The van der Waals surface area contributed by atoms with Gasteiger partial charge in [0.2, 0.25) is 11.8 Å². The maximum atomic E-state index is 13.1. The molecule has 0 bridgehead atoms. The van der Waals surface area contributed by atoms with Crippen LogP contribution in [0.1, 0.15) is 66.4 Å². The predicted octanol–water partition coefficient (Wildman–Crippen LogP) is 4.01. The van der Waals surface area contributed by atoms with Gasteiger partial charge in [-0.3, -0.25) is 14.4 Å². The first-order valence-electron chi connectivity index (χ1n) is 14.1. The molecule has 11 heteroatoms. The highest BCUT2D eigenvalue weighted by molar-refractivity contribution is 5.95. The first-order chi connectivity index (χ1) is 19.0. The molecule has 1 rings (SSSR count). The van der Waals surface area contributed by atoms with E-state index < -0.39 is 23.5 Å². The number of carbonyl (C=O) groups excluding carboxylic acids is 5. The normalized spacial score (nSPS) is 12.7. The van der Waals surface area contributed by atoms with Gasteiger partial charge in [0.1, 0.15) is 12.4 Å². The Hall–Kier alpha value is -3.63. The lowest BCUT2D eigenvalue weighted by atomic mass is 9.86. The number of carbonyl (C=O) groups is 5. The Kier molecular flexibility index (Phi) is 14.3. The monoisotopic (exact) mass is 575 g/mol. The molecule has 2 atom stereocenters. The number of amides is 5. The highest BCUT2D eigenvalue weighted by Gasteiger charge is 2.27. The standard InChI is InChI=1S/C30H49N5O6/c1-20(2)21(3)25(36)18-23(10-9-15-32-28(31)39)26(37)33-24-13-11-22(12-14-24)19-41-29(40)35(8)17-16-34(7)27(38)30(4,5)6/h11-14,20-21,23H,9-10,15-19H2,1-8H3,(H,33,37)(H3,31,32,39)/t21-,23+/m0/s1. The number of nitrogens with one attached hydrogen (secondary N) is 2. The van der Waals surface area contributed by atoms with Crippen LogP contribution in [0.5, 0.6) is 0 Å². The first kappa shape index (κ1) is 35.4. The van der Waals surface area contributed by atoms with Crippen LogP contribution in [0.15, 0.2) is 24.3 Å². The van der Waals surface area contributed by atoms with E-state index in [0.29, 0.717) is 38.2 Å². The Morgan fingerprint density at radius 1 is 0.951 bits per heavy atom. The SMILES string of the molecule is CC(C)[C@H](C)C(=O)C[C@@H](CCCNC(N)=O)C(=O)Nc1ccc(COC(=O)N(C)CCN(C)C(=O)C(C)(C)C)cc1. The number of benzene rings is 1. The molecule has 0 saturated carbocycles. The van der Waals surface area contributed by atoms with Gasteiger partial charge in [0.05, 0.1) is 0 Å². The second-order valence-electron chi connectivity index (χ2n) is 12.0. The summed E-state index contributed by atoms with van der Waals surface area (Å²) in [5, 5.41) is 5.38. The number of nitrogens with zero attached hydrogens (tertiary/aromatic N) is 2. The minimum atomic E-state index is -0.631. The van der Waals surface area contributed by atoms with Crippen LogP contribution in [-0.4, -0.2) is 73.3 Å². The molecule has 4 N–H and O–H groups in total. The third-order valence-corrected chi connectivity index (χ3v) is 7.01. The summed E-state index contributed by atoms with van der Waals surface area (Å²) in [4.78, 5) is 64.5. The van der Waals surface area contributed by atoms with Crippen molar-refractivity contribution in [1.29, 1.82) is 0 Å². The molecule has 0 radical (unpaired) electrons. The van der Waals surface area contributed by atoms with Crippen LogP contribution >= 0.6 is 0 Å². The summed E-state index contributed by atoms with van der Waals surface area (Å²) in [6, 6.07) is 6.28. The number of hydrogen-bond donors (Lipinski definition) is 3. The second-order valence-corrected chi connectivity index (χ2v) is 12.0. The molecule has 41 heavy (non-hydrogen) atoms. The zero-order valence-corrected chi connectivity index (χ0v) is 25.9. The van der Waals surface area contributed by atoms with Gasteiger partial charge < -0.3 is 30.9 Å². The van der Waals surface area contributed by atoms with Gasteiger partial charge in [0.25, 0.3) is 0 Å². The van der Waals surface area contributed by atoms with E-state index in [2.05, 4.69) is 10.6 Å². The van der Waals surface area contributed by atoms with Gasteiger partial charge in [-0.1, -0.05) is 53.7 Å². The lowest BCUT2D eigenvalue weighted by Crippen LogP contribution is -2.41. The molecule has 0 spiro atoms. The number of nitrogens with two attached hydrogens (primary N) is 1. The molecule has 1 aromatic carbocycles. The van der Waals surface area contributed by atoms with E-state index >= 15 is 0 Å². The van der Waals surface area contributed by atoms with Gasteiger partial charge in [0.15, 0.2) is 0 Å². The Morgan fingerprint density at radius 2 is 1.54 bits per heavy atom. The molecule has 0 saturated heterocycles. The van der Waals surface area contributed by atoms with Crippen molar-refractivity contribution in [3.63, 3.8) is 0 Å². The summed E-state index contributed by atoms with van der Waals surface area (Å²) in [6.07, 6.45) is 0.535. The van der Waals surface area contributed by atoms with Crippen LogP contribution in [0, 0.1) is 23.2 Å². The van der Waals surface area contributed by atoms with E-state index in [1.165, 1.54) is 4.90 Å². The molecule has 0 unspecified atom stereocenters. The van der Waals surface area contributed by atoms with Crippen molar-refractivity contribution in [2.24, 2.45) is 28.9 Å². The minimum Gasteiger partial charge on any atom is -0.445 e. The minimum absolute atomic E-state index is 0.00502. The lowest BCUT2D eigenvalue weighted by Gasteiger charge is -2.27. The number of Topliss-reactive ketones (excluding diaryl/α,β-unsaturated/α-hetero) is 1. The number of anilines is 1. The number of ether oxygens (including phenoxy) is 1. The number of urea groups is 1. The summed E-state index contributed by atoms with van der Waals surface area (Å²) in [5.74, 6) is -0.798. The van der Waals surface area contributed by atoms with Crippen LogP contribution in [0.3, 0.4) is 0 Å². The van der Waals surface area contributed by atoms with Crippen molar-refractivity contribution in [2.75, 3.05) is 39.0 Å². The zero-order chi connectivity index (χ0) is 31.3. The van der Waals surface area contributed by atoms with Crippen molar-refractivity contribution < 1.29 is 28.7 Å². The van der Waals surface area contributed by atoms with Gasteiger partial charge in [-0.15, -0.1) is 0 Å². The van der Waals surface area contributed by atoms with Gasteiger partial charge >= 0.3 is 12.1 Å². The number of primary amides is 1. The average molecular weight is 576 g/mol. The molecular weight excluding hydrogens is 526 g/mol. The molecule has 0 fully saturated rings. The summed E-state index contributed by atoms with van der Waals surface area (Å²) in [5.41, 5.74) is 5.91. The van der Waals surface area contributed by atoms with Crippen molar-refractivity contribution in [2.45, 2.75) is 67.4 Å². The summed E-state index contributed by atoms with van der Waals surface area (Å²) in [6.45, 7) is 12.4. The fourth-order valence-electron chi connectivity index (χ4n) is 3.94. The Labute approximate surface area is 244 Å². The fourth-order valence-corrected chi connectivity index (χ4v) is 3.94. The summed E-state index contributed by atoms with van der Waals surface area (Å²) < 4.78 is 5.39. The molecule has 1 aromatic rings. The fraction of sp³-hybridized carbons (Fsp3) is 0.633. The molecule has 0 aliphatic rings. The molecule has 0 aliphatic heterocycles. The maximum Gasteiger partial charge on any atom is 0.409 e. The third-order valence-electron chi connectivity index (χ3n) is 7.01. The Bertz CT molecular complexity index is 1030. The molecule has 5 amide bonds. The number of rotatable bonds is 15. The molecule has 0 aliphatic carbocycles. The second kappa shape index (κ2) is 16.6. The topological polar surface area (TPSA) is 151 Å². The molecule has 0 aromatic heterocycles. The van der Waals surface area contributed by atoms with Crippen molar-refractivity contribution in [1.82, 2.24) is 15.1 Å². The van der Waals surface area contributed by atoms with E-state index in [9.17, 15) is 24.0 Å². The Balaban J connectivity index is 2.68. The van der Waals surface area contributed by atoms with Crippen LogP contribution in [0.25, 0.3) is 0 Å². The first-order valence-corrected chi connectivity index (χ1v) is 14.1. The van der Waals surface area contributed by atoms with Gasteiger partial charge in [0, 0.05) is 63.1 Å². The van der Waals surface area contributed by atoms with E-state index in [-0.39, 0.29) is 42.5 Å². The highest BCUT2D eigenvalue weighted by Crippen LogP contribution is 2.22. The van der Waals surface area contributed by atoms with Gasteiger partial charge in [-0.25, -0.2) is 9.59 Å². The third kappa shape index (κ3) is 13.1. The Morgan fingerprint density at radius 3 is 2.07 bits per heavy atom. The summed E-state index contributed by atoms with van der Waals surface area (Å²) in [7, 11) is 3.32. The maximum absolute atomic E-state index is 13.1. The average Bonchev–Trinajstić information content (AvgIpc) is 2.90. The van der Waals surface area contributed by atoms with Crippen molar-refractivity contribution in [3.05, 3.63) is 29.8 Å². The predicted molar refractivity (Wildman–Crippen MR) is 159 cm³/mol. The number of ketones is 1. The number of likely N-dealkylation sites (N-methyl/N-ethyl adjacent to an activating group) is 2. The van der Waals surface area contributed by atoms with Gasteiger partial charge in [-0.05, 0) is 36.5 Å². The summed E-state index contributed by atoms with van der Waals surface area (Å²) >= 11 is 0. The number of hydrogen-bond acceptors (Lipinski definition) is 6. The van der Waals surface area contributed by atoms with E-state index in [4.69, 9.17) is 10.5 Å². The van der Waals surface area contributed by atoms with E-state index in [1.807, 2.05) is 41.5 Å². The van der Waals surface area contributed by atoms with E-state index in [0.717, 1.165) is 5.56 Å². The zero-order valence-electron chi connectivity index (χ0n) is 25.9. The smallest absolute Gasteiger partial charge is 0.409 e. The molecule has 0 heterocycles. The molecule has 11 nitrogen and oxygen atoms in total. The molecular formula is C30H49N5O6. The van der Waals surface area contributed by atoms with Crippen molar-refractivity contribution in [3.8, 4) is 0 Å². The molecule has 230 valence electrons. The van der Waals surface area contributed by atoms with Crippen LogP contribution in [0.2, 0.25) is 0 Å². The van der Waals surface area contributed by atoms with Gasteiger partial charge in [-0.2, -0.15) is 0 Å². The highest BCUT2D eigenvalue weighted by atomic mass is 16.6. The van der Waals surface area contributed by atoms with Crippen molar-refractivity contribution >= 4 is 35.4 Å². The van der Waals surface area contributed by atoms with Crippen LogP contribution in [-0.2, 0) is 25.7 Å². The van der Waals surface area contributed by atoms with Crippen LogP contribution < -0.4 is 16.4 Å². The quantitative estimate of drug-likeness (QED) is 0.269. The van der Waals surface area contributed by atoms with Crippen LogP contribution in [0.4, 0.5) is 15.3 Å². The largest absolute Gasteiger partial charge is 0.445 e. The lowest BCUT2D eigenvalue weighted by molar-refractivity contribution is -0.138.